The number of thioether (sulfide) groups is 1. The second-order valence-electron chi connectivity index (χ2n) is 6.07. The Morgan fingerprint density at radius 2 is 1.55 bits per heavy atom. The summed E-state index contributed by atoms with van der Waals surface area (Å²) in [6.45, 7) is 0. The Labute approximate surface area is 180 Å². The third-order valence-corrected chi connectivity index (χ3v) is 5.86. The van der Waals surface area contributed by atoms with Gasteiger partial charge in [0.2, 0.25) is 0 Å². The van der Waals surface area contributed by atoms with Gasteiger partial charge < -0.3 is 0 Å². The minimum Gasteiger partial charge on any atom is -0.268 e. The van der Waals surface area contributed by atoms with Crippen molar-refractivity contribution >= 4 is 35.0 Å². The van der Waals surface area contributed by atoms with Crippen molar-refractivity contribution in [3.8, 4) is 17.1 Å². The summed E-state index contributed by atoms with van der Waals surface area (Å²) in [5.41, 5.74) is 1.59. The lowest BCUT2D eigenvalue weighted by Gasteiger charge is -2.12. The third-order valence-electron chi connectivity index (χ3n) is 4.23. The molecule has 0 spiro atoms. The third kappa shape index (κ3) is 4.01. The van der Waals surface area contributed by atoms with Crippen LogP contribution in [0.5, 0.6) is 0 Å². The second kappa shape index (κ2) is 8.53. The molecule has 29 heavy (non-hydrogen) atoms. The van der Waals surface area contributed by atoms with Crippen LogP contribution in [0, 0.1) is 11.6 Å². The van der Waals surface area contributed by atoms with Gasteiger partial charge in [0, 0.05) is 16.9 Å². The molecule has 146 valence electrons. The maximum Gasteiger partial charge on any atom is 0.196 e. The topological polar surface area (TPSA) is 30.7 Å². The first-order valence-electron chi connectivity index (χ1n) is 8.57. The Morgan fingerprint density at radius 1 is 0.828 bits per heavy atom. The van der Waals surface area contributed by atoms with E-state index in [1.165, 1.54) is 23.9 Å². The number of hydrogen-bond acceptors (Lipinski definition) is 3. The van der Waals surface area contributed by atoms with Crippen LogP contribution in [0.4, 0.5) is 8.78 Å². The van der Waals surface area contributed by atoms with Crippen molar-refractivity contribution in [3.63, 3.8) is 0 Å². The van der Waals surface area contributed by atoms with Crippen LogP contribution in [0.3, 0.4) is 0 Å². The van der Waals surface area contributed by atoms with Gasteiger partial charge in [0.05, 0.1) is 15.7 Å². The summed E-state index contributed by atoms with van der Waals surface area (Å²) in [4.78, 5) is 0. The maximum atomic E-state index is 14.0. The Hall–Kier alpha value is -2.41. The van der Waals surface area contributed by atoms with Gasteiger partial charge in [-0.2, -0.15) is 0 Å². The van der Waals surface area contributed by atoms with E-state index in [2.05, 4.69) is 10.2 Å². The van der Waals surface area contributed by atoms with E-state index < -0.39 is 11.6 Å². The van der Waals surface area contributed by atoms with E-state index >= 15 is 0 Å². The van der Waals surface area contributed by atoms with Gasteiger partial charge in [0.25, 0.3) is 0 Å². The lowest BCUT2D eigenvalue weighted by atomic mass is 10.2. The Balaban J connectivity index is 1.80. The number of aromatic nitrogens is 3. The highest BCUT2D eigenvalue weighted by atomic mass is 35.5. The van der Waals surface area contributed by atoms with Crippen molar-refractivity contribution in [2.75, 3.05) is 0 Å². The van der Waals surface area contributed by atoms with Crippen LogP contribution in [0.15, 0.2) is 71.9 Å². The van der Waals surface area contributed by atoms with E-state index in [0.717, 1.165) is 6.07 Å². The molecule has 0 aliphatic heterocycles. The molecule has 0 radical (unpaired) electrons. The van der Waals surface area contributed by atoms with Gasteiger partial charge in [0.1, 0.15) is 0 Å². The van der Waals surface area contributed by atoms with Crippen LogP contribution in [-0.4, -0.2) is 14.8 Å². The molecular weight excluding hydrogens is 435 g/mol. The van der Waals surface area contributed by atoms with Crippen LogP contribution >= 0.6 is 35.0 Å². The minimum atomic E-state index is -0.882. The zero-order chi connectivity index (χ0) is 20.4. The number of halogens is 4. The van der Waals surface area contributed by atoms with Crippen molar-refractivity contribution in [2.24, 2.45) is 0 Å². The number of nitrogens with zero attached hydrogens (tertiary/aromatic N) is 3. The standard InChI is InChI=1S/C21H13Cl2F2N3S/c22-15-8-2-1-7-14(15)20-26-27-21(28(20)18-11-4-3-9-16(18)23)29-12-13-6-5-10-17(24)19(13)25/h1-11H,12H2. The Kier molecular flexibility index (Phi) is 5.85. The molecule has 0 aliphatic carbocycles. The zero-order valence-electron chi connectivity index (χ0n) is 14.8. The molecule has 4 rings (SSSR count). The molecule has 3 aromatic carbocycles. The van der Waals surface area contributed by atoms with E-state index in [-0.39, 0.29) is 11.3 Å². The zero-order valence-corrected chi connectivity index (χ0v) is 17.1. The first-order chi connectivity index (χ1) is 14.1. The van der Waals surface area contributed by atoms with Gasteiger partial charge in [0.15, 0.2) is 22.6 Å². The predicted octanol–water partition coefficient (Wildman–Crippen LogP) is 6.81. The van der Waals surface area contributed by atoms with Crippen LogP contribution in [0.1, 0.15) is 5.56 Å². The average molecular weight is 448 g/mol. The Bertz CT molecular complexity index is 1180. The summed E-state index contributed by atoms with van der Waals surface area (Å²) >= 11 is 14.0. The summed E-state index contributed by atoms with van der Waals surface area (Å²) in [7, 11) is 0. The number of benzene rings is 3. The summed E-state index contributed by atoms with van der Waals surface area (Å²) in [5.74, 6) is -1.07. The van der Waals surface area contributed by atoms with Crippen LogP contribution in [0.25, 0.3) is 17.1 Å². The van der Waals surface area contributed by atoms with Gasteiger partial charge in [-0.05, 0) is 30.3 Å². The molecule has 0 amide bonds. The number of rotatable bonds is 5. The highest BCUT2D eigenvalue weighted by molar-refractivity contribution is 7.98. The van der Waals surface area contributed by atoms with Gasteiger partial charge in [-0.1, -0.05) is 71.4 Å². The largest absolute Gasteiger partial charge is 0.268 e. The quantitative estimate of drug-likeness (QED) is 0.314. The second-order valence-corrected chi connectivity index (χ2v) is 7.83. The first kappa shape index (κ1) is 19.9. The molecule has 0 saturated heterocycles. The fourth-order valence-electron chi connectivity index (χ4n) is 2.83. The molecule has 0 aliphatic rings. The fraction of sp³-hybridized carbons (Fsp3) is 0.0476. The van der Waals surface area contributed by atoms with E-state index in [4.69, 9.17) is 23.2 Å². The molecule has 0 atom stereocenters. The van der Waals surface area contributed by atoms with Gasteiger partial charge in [-0.25, -0.2) is 8.78 Å². The molecule has 1 aromatic heterocycles. The van der Waals surface area contributed by atoms with Crippen molar-refractivity contribution in [3.05, 3.63) is 94.0 Å². The lowest BCUT2D eigenvalue weighted by Crippen LogP contribution is -2.01. The normalized spacial score (nSPS) is 11.0. The fourth-order valence-corrected chi connectivity index (χ4v) is 4.19. The maximum absolute atomic E-state index is 14.0. The smallest absolute Gasteiger partial charge is 0.196 e. The predicted molar refractivity (Wildman–Crippen MR) is 113 cm³/mol. The molecule has 1 heterocycles. The number of para-hydroxylation sites is 1. The van der Waals surface area contributed by atoms with Gasteiger partial charge in [-0.15, -0.1) is 10.2 Å². The highest BCUT2D eigenvalue weighted by Gasteiger charge is 2.20. The molecule has 0 saturated carbocycles. The summed E-state index contributed by atoms with van der Waals surface area (Å²) in [6, 6.07) is 18.6. The van der Waals surface area contributed by atoms with Crippen LogP contribution < -0.4 is 0 Å². The average Bonchev–Trinajstić information content (AvgIpc) is 3.13. The van der Waals surface area contributed by atoms with Crippen LogP contribution in [0.2, 0.25) is 10.0 Å². The number of hydrogen-bond donors (Lipinski definition) is 0. The molecule has 0 bridgehead atoms. The van der Waals surface area contributed by atoms with Crippen molar-refractivity contribution in [1.29, 1.82) is 0 Å². The molecule has 0 fully saturated rings. The first-order valence-corrected chi connectivity index (χ1v) is 10.3. The summed E-state index contributed by atoms with van der Waals surface area (Å²) < 4.78 is 29.3. The van der Waals surface area contributed by atoms with Crippen molar-refractivity contribution < 1.29 is 8.78 Å². The molecule has 8 heteroatoms. The highest BCUT2D eigenvalue weighted by Crippen LogP contribution is 2.35. The van der Waals surface area contributed by atoms with Crippen LogP contribution in [-0.2, 0) is 5.75 Å². The summed E-state index contributed by atoms with van der Waals surface area (Å²) in [5, 5.41) is 10.1. The van der Waals surface area contributed by atoms with E-state index in [0.29, 0.717) is 32.3 Å². The Morgan fingerprint density at radius 3 is 2.31 bits per heavy atom. The van der Waals surface area contributed by atoms with E-state index in [1.807, 2.05) is 36.4 Å². The van der Waals surface area contributed by atoms with E-state index in [1.54, 1.807) is 16.7 Å². The monoisotopic (exact) mass is 447 g/mol. The lowest BCUT2D eigenvalue weighted by molar-refractivity contribution is 0.502. The summed E-state index contributed by atoms with van der Waals surface area (Å²) in [6.07, 6.45) is 0. The van der Waals surface area contributed by atoms with Crippen molar-refractivity contribution in [2.45, 2.75) is 10.9 Å². The van der Waals surface area contributed by atoms with Crippen molar-refractivity contribution in [1.82, 2.24) is 14.8 Å². The minimum absolute atomic E-state index is 0.175. The molecule has 0 N–H and O–H groups in total. The molecular formula is C21H13Cl2F2N3S. The van der Waals surface area contributed by atoms with Gasteiger partial charge >= 0.3 is 0 Å². The molecule has 4 aromatic rings. The molecule has 0 unspecified atom stereocenters. The van der Waals surface area contributed by atoms with E-state index in [9.17, 15) is 8.78 Å². The van der Waals surface area contributed by atoms with Gasteiger partial charge in [-0.3, -0.25) is 4.57 Å². The SMILES string of the molecule is Fc1cccc(CSc2nnc(-c3ccccc3Cl)n2-c2ccccc2Cl)c1F. The molecule has 3 nitrogen and oxygen atoms in total.